The first-order valence-corrected chi connectivity index (χ1v) is 22.7. The molecule has 0 aliphatic carbocycles. The molecule has 0 aliphatic rings. The Balaban J connectivity index is 0. The Bertz CT molecular complexity index is 1960. The van der Waals surface area contributed by atoms with Crippen LogP contribution in [0.2, 0.25) is 0 Å². The minimum atomic E-state index is -5.08. The van der Waals surface area contributed by atoms with Gasteiger partial charge in [-0.2, -0.15) is 13.2 Å². The molecule has 36 heteroatoms. The van der Waals surface area contributed by atoms with E-state index in [2.05, 4.69) is 56.5 Å². The van der Waals surface area contributed by atoms with E-state index >= 15 is 0 Å². The number of rotatable bonds is 35. The van der Waals surface area contributed by atoms with Crippen molar-refractivity contribution in [1.29, 1.82) is 0 Å². The van der Waals surface area contributed by atoms with Gasteiger partial charge >= 0.3 is 12.1 Å². The Morgan fingerprint density at radius 3 is 0.757 bits per heavy atom. The van der Waals surface area contributed by atoms with E-state index in [1.807, 2.05) is 0 Å². The summed E-state index contributed by atoms with van der Waals surface area (Å²) in [6.45, 7) is 0.614. The molecule has 0 spiro atoms. The van der Waals surface area contributed by atoms with E-state index in [9.17, 15) is 41.9 Å². The van der Waals surface area contributed by atoms with E-state index in [-0.39, 0.29) is 146 Å². The van der Waals surface area contributed by atoms with Gasteiger partial charge in [0, 0.05) is 39.3 Å². The third-order valence-electron chi connectivity index (χ3n) is 9.47. The maximum Gasteiger partial charge on any atom is 0.490 e. The van der Waals surface area contributed by atoms with Crippen molar-refractivity contribution in [3.05, 3.63) is 0 Å². The van der Waals surface area contributed by atoms with Crippen LogP contribution in [0.1, 0.15) is 77.0 Å². The molecule has 0 aliphatic heterocycles. The number of halogens is 3. The third-order valence-corrected chi connectivity index (χ3v) is 9.47. The van der Waals surface area contributed by atoms with Gasteiger partial charge in [-0.25, -0.2) is 4.79 Å². The Morgan fingerprint density at radius 2 is 0.554 bits per heavy atom. The first-order chi connectivity index (χ1) is 34.5. The van der Waals surface area contributed by atoms with Gasteiger partial charge in [0.1, 0.15) is 30.2 Å². The van der Waals surface area contributed by atoms with E-state index in [0.29, 0.717) is 6.42 Å². The maximum absolute atomic E-state index is 14.2. The summed E-state index contributed by atoms with van der Waals surface area (Å²) in [6, 6.07) is -7.52. The molecular weight excluding hydrogens is 992 g/mol. The third kappa shape index (κ3) is 35.7. The number of hydrogen-bond acceptors (Lipinski definition) is 14. The first-order valence-electron chi connectivity index (χ1n) is 22.7. The fraction of sp³-hybridized carbons (Fsp3) is 0.658. The zero-order chi connectivity index (χ0) is 57.0. The van der Waals surface area contributed by atoms with Crippen LogP contribution in [0.4, 0.5) is 13.2 Å². The molecule has 0 saturated heterocycles. The number of amides is 6. The van der Waals surface area contributed by atoms with E-state index in [4.69, 9.17) is 90.2 Å². The van der Waals surface area contributed by atoms with Crippen LogP contribution in [-0.2, 0) is 33.6 Å². The van der Waals surface area contributed by atoms with Crippen LogP contribution >= 0.6 is 0 Å². The van der Waals surface area contributed by atoms with Gasteiger partial charge in [0.25, 0.3) is 0 Å². The number of aliphatic imine (C=N–C) groups is 6. The summed E-state index contributed by atoms with van der Waals surface area (Å²) in [5.74, 6) is -8.69. The molecule has 0 rings (SSSR count). The minimum absolute atomic E-state index is 0.00670. The Hall–Kier alpha value is -8.34. The Labute approximate surface area is 424 Å². The highest BCUT2D eigenvalue weighted by atomic mass is 19.4. The molecule has 0 saturated carbocycles. The first kappa shape index (κ1) is 67.7. The van der Waals surface area contributed by atoms with E-state index < -0.39 is 83.8 Å². The maximum atomic E-state index is 14.2. The van der Waals surface area contributed by atoms with Gasteiger partial charge in [-0.3, -0.25) is 58.7 Å². The van der Waals surface area contributed by atoms with E-state index in [1.54, 1.807) is 0 Å². The normalized spacial score (nSPS) is 13.0. The fourth-order valence-corrected chi connectivity index (χ4v) is 5.90. The predicted octanol–water partition coefficient (Wildman–Crippen LogP) is -8.82. The van der Waals surface area contributed by atoms with E-state index in [0.717, 1.165) is 0 Å². The van der Waals surface area contributed by atoms with Crippen molar-refractivity contribution >= 4 is 77.2 Å². The number of hydrogen-bond donors (Lipinski definition) is 20. The molecule has 0 unspecified atom stereocenters. The molecule has 33 nitrogen and oxygen atoms in total. The number of aliphatic carboxylic acids is 1. The number of nitrogens with one attached hydrogen (secondary N) is 5. The molecule has 0 fully saturated rings. The standard InChI is InChI=1S/C36H75N25O6.C2HF3O2/c37-19(7-1-13-51-31(39)40)26(63)58-21(9-3-15-53-33(43)44)28(65)60-23(11-5-17-55-35(47)48)30(67)61-24(12-6-18-56-36(49)50)29(66)59-22(10-4-16-54-34(45)46)27(64)57-20(25(38)62)8-2-14-52-32(41)42;3-2(4,5)1(6)7/h19-24H,1-18,37H2,(H2,38,62)(H,57,64)(H,58,63)(H,59,66)(H,60,65)(H,61,67)(H4,39,40,51)(H4,41,42,52)(H4,43,44,53)(H4,45,46,54)(H4,47,48,55)(H4,49,50,56);(H,6,7)/t19-,20-,21-,22-,23-,24-;/m0./s1. The van der Waals surface area contributed by atoms with Crippen molar-refractivity contribution in [2.75, 3.05) is 39.3 Å². The molecule has 0 aromatic rings. The zero-order valence-electron chi connectivity index (χ0n) is 40.9. The van der Waals surface area contributed by atoms with Gasteiger partial charge in [0.2, 0.25) is 35.4 Å². The highest BCUT2D eigenvalue weighted by Crippen LogP contribution is 2.13. The summed E-state index contributed by atoms with van der Waals surface area (Å²) in [4.78, 5) is 114. The number of nitrogens with two attached hydrogens (primary N) is 14. The second kappa shape index (κ2) is 37.4. The summed E-state index contributed by atoms with van der Waals surface area (Å²) < 4.78 is 31.7. The molecule has 0 bridgehead atoms. The molecular formula is C38H76F3N25O8. The van der Waals surface area contributed by atoms with Crippen LogP contribution in [0.15, 0.2) is 30.0 Å². The molecule has 0 radical (unpaired) electrons. The van der Waals surface area contributed by atoms with Gasteiger partial charge in [-0.05, 0) is 77.0 Å². The predicted molar refractivity (Wildman–Crippen MR) is 270 cm³/mol. The van der Waals surface area contributed by atoms with Crippen LogP contribution in [0.5, 0.6) is 0 Å². The summed E-state index contributed by atoms with van der Waals surface area (Å²) in [7, 11) is 0. The quantitative estimate of drug-likeness (QED) is 0.0159. The van der Waals surface area contributed by atoms with Crippen LogP contribution in [0.3, 0.4) is 0 Å². The number of nitrogens with zero attached hydrogens (tertiary/aromatic N) is 6. The number of guanidine groups is 6. The van der Waals surface area contributed by atoms with Gasteiger partial charge in [0.15, 0.2) is 35.8 Å². The lowest BCUT2D eigenvalue weighted by Crippen LogP contribution is -2.59. The van der Waals surface area contributed by atoms with Crippen LogP contribution in [-0.4, -0.2) is 164 Å². The summed E-state index contributed by atoms with van der Waals surface area (Å²) in [5.41, 5.74) is 76.9. The molecule has 34 N–H and O–H groups in total. The second-order valence-electron chi connectivity index (χ2n) is 15.8. The molecule has 0 heterocycles. The lowest BCUT2D eigenvalue weighted by molar-refractivity contribution is -0.192. The number of carboxylic acids is 1. The van der Waals surface area contributed by atoms with Crippen LogP contribution in [0, 0.1) is 0 Å². The monoisotopic (exact) mass is 1070 g/mol. The topological polar surface area (TPSA) is 638 Å². The molecule has 6 amide bonds. The summed E-state index contributed by atoms with van der Waals surface area (Å²) in [6.07, 6.45) is -3.72. The highest BCUT2D eigenvalue weighted by molar-refractivity contribution is 5.96. The van der Waals surface area contributed by atoms with Gasteiger partial charge in [0.05, 0.1) is 6.04 Å². The second-order valence-corrected chi connectivity index (χ2v) is 15.8. The number of alkyl halides is 3. The lowest BCUT2D eigenvalue weighted by Gasteiger charge is -2.27. The Kier molecular flexibility index (Phi) is 34.3. The molecule has 6 atom stereocenters. The zero-order valence-corrected chi connectivity index (χ0v) is 40.9. The fourth-order valence-electron chi connectivity index (χ4n) is 5.90. The van der Waals surface area contributed by atoms with Crippen molar-refractivity contribution in [2.24, 2.45) is 110 Å². The van der Waals surface area contributed by atoms with Crippen LogP contribution in [0.25, 0.3) is 0 Å². The summed E-state index contributed by atoms with van der Waals surface area (Å²) in [5, 5.41) is 20.2. The van der Waals surface area contributed by atoms with Crippen molar-refractivity contribution in [3.8, 4) is 0 Å². The van der Waals surface area contributed by atoms with Crippen molar-refractivity contribution in [1.82, 2.24) is 26.6 Å². The van der Waals surface area contributed by atoms with E-state index in [1.165, 1.54) is 0 Å². The van der Waals surface area contributed by atoms with Gasteiger partial charge in [-0.15, -0.1) is 0 Å². The van der Waals surface area contributed by atoms with Gasteiger partial charge < -0.3 is 112 Å². The van der Waals surface area contributed by atoms with Crippen LogP contribution < -0.4 is 107 Å². The largest absolute Gasteiger partial charge is 0.490 e. The summed E-state index contributed by atoms with van der Waals surface area (Å²) >= 11 is 0. The number of carboxylic acid groups (broad SMARTS) is 1. The lowest BCUT2D eigenvalue weighted by atomic mass is 10.0. The average Bonchev–Trinajstić information content (AvgIpc) is 3.28. The molecule has 0 aromatic heterocycles. The SMILES string of the molecule is NC(=O)[C@H](CCCN=C(N)N)NC(=O)[C@H](CCCN=C(N)N)NC(=O)[C@H](CCCN=C(N)N)NC(=O)[C@H](CCCN=C(N)N)NC(=O)[C@H](CCCN=C(N)N)NC(=O)[C@@H](N)CCCN=C(N)N.O=C(O)C(F)(F)F. The molecule has 0 aromatic carbocycles. The van der Waals surface area contributed by atoms with Crippen molar-refractivity contribution in [2.45, 2.75) is 119 Å². The van der Waals surface area contributed by atoms with Crippen molar-refractivity contribution in [3.63, 3.8) is 0 Å². The highest BCUT2D eigenvalue weighted by Gasteiger charge is 2.38. The number of carbonyl (C=O) groups is 7. The minimum Gasteiger partial charge on any atom is -0.475 e. The average molecular weight is 1070 g/mol. The number of carbonyl (C=O) groups excluding carboxylic acids is 6. The molecule has 422 valence electrons. The van der Waals surface area contributed by atoms with Crippen molar-refractivity contribution < 1.29 is 51.8 Å². The Morgan fingerprint density at radius 1 is 0.365 bits per heavy atom. The smallest absolute Gasteiger partial charge is 0.475 e. The number of primary amides is 1. The molecule has 74 heavy (non-hydrogen) atoms. The van der Waals surface area contributed by atoms with Gasteiger partial charge in [-0.1, -0.05) is 0 Å².